The van der Waals surface area contributed by atoms with E-state index in [9.17, 15) is 9.90 Å². The van der Waals surface area contributed by atoms with Crippen molar-refractivity contribution >= 4 is 23.3 Å². The van der Waals surface area contributed by atoms with Crippen LogP contribution < -0.4 is 10.6 Å². The van der Waals surface area contributed by atoms with Gasteiger partial charge in [-0.2, -0.15) is 0 Å². The molecule has 2 amide bonds. The number of carbonyl (C=O) groups is 1. The monoisotopic (exact) mass is 256 g/mol. The fourth-order valence-corrected chi connectivity index (χ4v) is 1.52. The molecule has 3 N–H and O–H groups in total. The quantitative estimate of drug-likeness (QED) is 0.559. The van der Waals surface area contributed by atoms with E-state index in [0.29, 0.717) is 17.3 Å². The average molecular weight is 257 g/mol. The standard InChI is InChI=1S/C12H17ClN2O2/c1-2-3-4-7-14-12(17)15-10-8-9(13)5-6-11(10)16/h5-6,8,16H,2-4,7H2,1H3,(H2,14,15,17). The lowest BCUT2D eigenvalue weighted by atomic mass is 10.2. The van der Waals surface area contributed by atoms with Crippen molar-refractivity contribution in [2.45, 2.75) is 26.2 Å². The highest BCUT2D eigenvalue weighted by atomic mass is 35.5. The number of aromatic hydroxyl groups is 1. The van der Waals surface area contributed by atoms with E-state index in [4.69, 9.17) is 11.6 Å². The van der Waals surface area contributed by atoms with Crippen molar-refractivity contribution in [3.63, 3.8) is 0 Å². The van der Waals surface area contributed by atoms with Crippen LogP contribution in [0.3, 0.4) is 0 Å². The summed E-state index contributed by atoms with van der Waals surface area (Å²) in [6.07, 6.45) is 3.15. The summed E-state index contributed by atoms with van der Waals surface area (Å²) in [6.45, 7) is 2.73. The summed E-state index contributed by atoms with van der Waals surface area (Å²) in [5.41, 5.74) is 0.311. The number of hydrogen-bond donors (Lipinski definition) is 3. The second-order valence-electron chi connectivity index (χ2n) is 3.75. The minimum Gasteiger partial charge on any atom is -0.506 e. The molecular weight excluding hydrogens is 240 g/mol. The highest BCUT2D eigenvalue weighted by Crippen LogP contribution is 2.26. The Morgan fingerprint density at radius 3 is 2.88 bits per heavy atom. The SMILES string of the molecule is CCCCCNC(=O)Nc1cc(Cl)ccc1O. The molecule has 0 aliphatic heterocycles. The van der Waals surface area contributed by atoms with Crippen LogP contribution in [0.4, 0.5) is 10.5 Å². The minimum absolute atomic E-state index is 0.00175. The molecule has 1 rings (SSSR count). The molecule has 0 saturated heterocycles. The normalized spacial score (nSPS) is 10.0. The lowest BCUT2D eigenvalue weighted by Gasteiger charge is -2.09. The maximum Gasteiger partial charge on any atom is 0.319 e. The van der Waals surface area contributed by atoms with Gasteiger partial charge in [0.1, 0.15) is 5.75 Å². The summed E-state index contributed by atoms with van der Waals surface area (Å²) in [5, 5.41) is 15.2. The van der Waals surface area contributed by atoms with Gasteiger partial charge in [0.25, 0.3) is 0 Å². The van der Waals surface area contributed by atoms with Crippen molar-refractivity contribution < 1.29 is 9.90 Å². The number of amides is 2. The third kappa shape index (κ3) is 4.95. The first kappa shape index (κ1) is 13.6. The molecule has 0 heterocycles. The summed E-state index contributed by atoms with van der Waals surface area (Å²) in [4.78, 5) is 11.5. The summed E-state index contributed by atoms with van der Waals surface area (Å²) in [7, 11) is 0. The van der Waals surface area contributed by atoms with Crippen LogP contribution in [0.1, 0.15) is 26.2 Å². The number of anilines is 1. The topological polar surface area (TPSA) is 61.4 Å². The van der Waals surface area contributed by atoms with E-state index in [-0.39, 0.29) is 11.8 Å². The fourth-order valence-electron chi connectivity index (χ4n) is 1.35. The molecule has 1 aromatic carbocycles. The van der Waals surface area contributed by atoms with E-state index in [1.165, 1.54) is 12.1 Å². The number of benzene rings is 1. The van der Waals surface area contributed by atoms with Gasteiger partial charge in [-0.05, 0) is 24.6 Å². The number of nitrogens with one attached hydrogen (secondary N) is 2. The largest absolute Gasteiger partial charge is 0.506 e. The Balaban J connectivity index is 2.42. The van der Waals surface area contributed by atoms with Crippen LogP contribution in [0, 0.1) is 0 Å². The maximum atomic E-state index is 11.5. The van der Waals surface area contributed by atoms with Crippen molar-refractivity contribution in [1.82, 2.24) is 5.32 Å². The zero-order valence-corrected chi connectivity index (χ0v) is 10.5. The lowest BCUT2D eigenvalue weighted by Crippen LogP contribution is -2.29. The smallest absolute Gasteiger partial charge is 0.319 e. The van der Waals surface area contributed by atoms with Crippen LogP contribution >= 0.6 is 11.6 Å². The van der Waals surface area contributed by atoms with Crippen LogP contribution in [0.5, 0.6) is 5.75 Å². The number of phenols is 1. The van der Waals surface area contributed by atoms with Crippen LogP contribution in [-0.2, 0) is 0 Å². The molecule has 94 valence electrons. The molecule has 0 aromatic heterocycles. The Morgan fingerprint density at radius 1 is 1.41 bits per heavy atom. The molecule has 0 spiro atoms. The van der Waals surface area contributed by atoms with E-state index in [1.807, 2.05) is 0 Å². The first-order chi connectivity index (χ1) is 8.13. The van der Waals surface area contributed by atoms with Gasteiger partial charge >= 0.3 is 6.03 Å². The highest BCUT2D eigenvalue weighted by molar-refractivity contribution is 6.31. The summed E-state index contributed by atoms with van der Waals surface area (Å²) >= 11 is 5.76. The molecule has 0 aliphatic carbocycles. The van der Waals surface area contributed by atoms with Crippen LogP contribution in [0.25, 0.3) is 0 Å². The van der Waals surface area contributed by atoms with Gasteiger partial charge in [0.2, 0.25) is 0 Å². The van der Waals surface area contributed by atoms with Gasteiger partial charge in [-0.25, -0.2) is 4.79 Å². The van der Waals surface area contributed by atoms with Gasteiger partial charge in [0.05, 0.1) is 5.69 Å². The van der Waals surface area contributed by atoms with Gasteiger partial charge in [-0.15, -0.1) is 0 Å². The molecule has 0 unspecified atom stereocenters. The van der Waals surface area contributed by atoms with Crippen molar-refractivity contribution in [2.24, 2.45) is 0 Å². The molecule has 0 radical (unpaired) electrons. The van der Waals surface area contributed by atoms with Crippen LogP contribution in [0.15, 0.2) is 18.2 Å². The van der Waals surface area contributed by atoms with Gasteiger partial charge in [0, 0.05) is 11.6 Å². The summed E-state index contributed by atoms with van der Waals surface area (Å²) < 4.78 is 0. The zero-order chi connectivity index (χ0) is 12.7. The lowest BCUT2D eigenvalue weighted by molar-refractivity contribution is 0.251. The van der Waals surface area contributed by atoms with Crippen molar-refractivity contribution in [3.05, 3.63) is 23.2 Å². The summed E-state index contributed by atoms with van der Waals surface area (Å²) in [6, 6.07) is 4.16. The first-order valence-corrected chi connectivity index (χ1v) is 6.04. The Kier molecular flexibility index (Phi) is 5.63. The molecule has 0 aliphatic rings. The minimum atomic E-state index is -0.335. The van der Waals surface area contributed by atoms with Gasteiger partial charge in [-0.1, -0.05) is 31.4 Å². The fraction of sp³-hybridized carbons (Fsp3) is 0.417. The number of carbonyl (C=O) groups excluding carboxylic acids is 1. The van der Waals surface area contributed by atoms with Gasteiger partial charge in [0.15, 0.2) is 0 Å². The van der Waals surface area contributed by atoms with Crippen LogP contribution in [-0.4, -0.2) is 17.7 Å². The van der Waals surface area contributed by atoms with E-state index >= 15 is 0 Å². The summed E-state index contributed by atoms with van der Waals surface area (Å²) in [5.74, 6) is -0.00175. The number of hydrogen-bond acceptors (Lipinski definition) is 2. The Bertz CT molecular complexity index is 383. The van der Waals surface area contributed by atoms with Crippen molar-refractivity contribution in [3.8, 4) is 5.75 Å². The molecular formula is C12H17ClN2O2. The molecule has 0 atom stereocenters. The van der Waals surface area contributed by atoms with E-state index in [1.54, 1.807) is 6.07 Å². The zero-order valence-electron chi connectivity index (χ0n) is 9.79. The van der Waals surface area contributed by atoms with Crippen molar-refractivity contribution in [1.29, 1.82) is 0 Å². The predicted molar refractivity (Wildman–Crippen MR) is 69.7 cm³/mol. The predicted octanol–water partition coefficient (Wildman–Crippen LogP) is 3.36. The van der Waals surface area contributed by atoms with Crippen LogP contribution in [0.2, 0.25) is 5.02 Å². The van der Waals surface area contributed by atoms with Gasteiger partial charge < -0.3 is 15.7 Å². The molecule has 17 heavy (non-hydrogen) atoms. The van der Waals surface area contributed by atoms with E-state index in [0.717, 1.165) is 19.3 Å². The Morgan fingerprint density at radius 2 is 2.18 bits per heavy atom. The first-order valence-electron chi connectivity index (χ1n) is 5.67. The Labute approximate surface area is 106 Å². The van der Waals surface area contributed by atoms with E-state index in [2.05, 4.69) is 17.6 Å². The number of phenolic OH excluding ortho intramolecular Hbond substituents is 1. The number of unbranched alkanes of at least 4 members (excludes halogenated alkanes) is 2. The average Bonchev–Trinajstić information content (AvgIpc) is 2.29. The molecule has 0 bridgehead atoms. The molecule has 4 nitrogen and oxygen atoms in total. The third-order valence-corrected chi connectivity index (χ3v) is 2.51. The molecule has 0 saturated carbocycles. The maximum absolute atomic E-state index is 11.5. The molecule has 5 heteroatoms. The molecule has 0 fully saturated rings. The second kappa shape index (κ2) is 7.01. The number of halogens is 1. The third-order valence-electron chi connectivity index (χ3n) is 2.27. The van der Waals surface area contributed by atoms with Crippen molar-refractivity contribution in [2.75, 3.05) is 11.9 Å². The van der Waals surface area contributed by atoms with E-state index < -0.39 is 0 Å². The number of urea groups is 1. The number of rotatable bonds is 5. The van der Waals surface area contributed by atoms with Gasteiger partial charge in [-0.3, -0.25) is 0 Å². The highest BCUT2D eigenvalue weighted by Gasteiger charge is 2.05. The Hall–Kier alpha value is -1.42. The second-order valence-corrected chi connectivity index (χ2v) is 4.19. The molecule has 1 aromatic rings.